The summed E-state index contributed by atoms with van der Waals surface area (Å²) in [6.07, 6.45) is 1.42. The smallest absolute Gasteiger partial charge is 0.335 e. The highest BCUT2D eigenvalue weighted by molar-refractivity contribution is 14.1. The number of carboxylic acid groups (broad SMARTS) is 1. The maximum absolute atomic E-state index is 12.6. The second kappa shape index (κ2) is 11.8. The van der Waals surface area contributed by atoms with Crippen LogP contribution in [0.3, 0.4) is 0 Å². The molecular weight excluding hydrogens is 680 g/mol. The van der Waals surface area contributed by atoms with Crippen molar-refractivity contribution < 1.29 is 24.4 Å². The van der Waals surface area contributed by atoms with E-state index in [-0.39, 0.29) is 29.1 Å². The Balaban J connectivity index is 1.77. The van der Waals surface area contributed by atoms with Gasteiger partial charge in [0.05, 0.1) is 17.6 Å². The number of carbonyl (C=O) groups is 2. The molecule has 0 saturated carbocycles. The first kappa shape index (κ1) is 26.1. The Bertz CT molecular complexity index is 1370. The summed E-state index contributed by atoms with van der Waals surface area (Å²) in [4.78, 5) is 34.2. The minimum absolute atomic E-state index is 0.00934. The molecule has 0 aromatic heterocycles. The van der Waals surface area contributed by atoms with Gasteiger partial charge in [0.25, 0.3) is 11.6 Å². The first-order chi connectivity index (χ1) is 16.7. The fourth-order valence-corrected chi connectivity index (χ4v) is 5.09. The summed E-state index contributed by atoms with van der Waals surface area (Å²) in [5.74, 6) is -1.23. The van der Waals surface area contributed by atoms with E-state index in [2.05, 4.69) is 50.5 Å². The van der Waals surface area contributed by atoms with E-state index >= 15 is 0 Å². The van der Waals surface area contributed by atoms with Crippen LogP contribution in [-0.4, -0.2) is 21.9 Å². The number of anilines is 1. The zero-order valence-electron chi connectivity index (χ0n) is 17.7. The summed E-state index contributed by atoms with van der Waals surface area (Å²) in [6, 6.07) is 17.2. The SMILES string of the molecule is N#C/C(=C/c1cc(I)c(OCc2cccc([N+](=O)[O-])c2)c(I)c1)C(=O)Nc1cccc(C(=O)O)c1. The van der Waals surface area contributed by atoms with Crippen molar-refractivity contribution >= 4 is 74.5 Å². The number of benzene rings is 3. The van der Waals surface area contributed by atoms with Gasteiger partial charge in [-0.1, -0.05) is 18.2 Å². The van der Waals surface area contributed by atoms with Gasteiger partial charge in [0, 0.05) is 17.8 Å². The van der Waals surface area contributed by atoms with E-state index in [9.17, 15) is 25.0 Å². The maximum Gasteiger partial charge on any atom is 0.335 e. The highest BCUT2D eigenvalue weighted by Crippen LogP contribution is 2.31. The Labute approximate surface area is 226 Å². The molecule has 0 atom stereocenters. The summed E-state index contributed by atoms with van der Waals surface area (Å²) in [5, 5.41) is 32.1. The average molecular weight is 695 g/mol. The van der Waals surface area contributed by atoms with Crippen LogP contribution in [0.4, 0.5) is 11.4 Å². The molecule has 3 aromatic rings. The number of nitro benzene ring substituents is 1. The van der Waals surface area contributed by atoms with E-state index < -0.39 is 16.8 Å². The number of non-ortho nitro benzene ring substituents is 1. The van der Waals surface area contributed by atoms with Crippen molar-refractivity contribution in [1.29, 1.82) is 5.26 Å². The van der Waals surface area contributed by atoms with Crippen molar-refractivity contribution in [2.75, 3.05) is 5.32 Å². The van der Waals surface area contributed by atoms with Crippen molar-refractivity contribution in [3.05, 3.63) is 100 Å². The monoisotopic (exact) mass is 695 g/mol. The van der Waals surface area contributed by atoms with Gasteiger partial charge in [-0.25, -0.2) is 4.79 Å². The lowest BCUT2D eigenvalue weighted by Gasteiger charge is -2.12. The number of nitriles is 1. The van der Waals surface area contributed by atoms with Crippen LogP contribution in [0, 0.1) is 28.6 Å². The molecule has 9 nitrogen and oxygen atoms in total. The van der Waals surface area contributed by atoms with Crippen molar-refractivity contribution in [2.45, 2.75) is 6.61 Å². The van der Waals surface area contributed by atoms with Gasteiger partial charge in [-0.2, -0.15) is 5.26 Å². The summed E-state index contributed by atoms with van der Waals surface area (Å²) >= 11 is 4.14. The lowest BCUT2D eigenvalue weighted by Crippen LogP contribution is -2.14. The molecule has 0 heterocycles. The summed E-state index contributed by atoms with van der Waals surface area (Å²) in [7, 11) is 0. The molecular formula is C24H15I2N3O6. The Morgan fingerprint density at radius 2 is 1.80 bits per heavy atom. The van der Waals surface area contributed by atoms with Crippen LogP contribution >= 0.6 is 45.2 Å². The molecule has 0 saturated heterocycles. The Hall–Kier alpha value is -3.51. The normalized spacial score (nSPS) is 10.8. The van der Waals surface area contributed by atoms with E-state index in [0.717, 1.165) is 7.14 Å². The predicted octanol–water partition coefficient (Wildman–Crippen LogP) is 5.63. The number of rotatable bonds is 8. The van der Waals surface area contributed by atoms with Crippen molar-refractivity contribution in [1.82, 2.24) is 0 Å². The number of aromatic carboxylic acids is 1. The Morgan fingerprint density at radius 1 is 1.11 bits per heavy atom. The molecule has 0 aliphatic rings. The molecule has 0 aliphatic carbocycles. The quantitative estimate of drug-likeness (QED) is 0.102. The molecule has 1 amide bonds. The van der Waals surface area contributed by atoms with Crippen molar-refractivity contribution in [2.24, 2.45) is 0 Å². The zero-order valence-corrected chi connectivity index (χ0v) is 22.0. The van der Waals surface area contributed by atoms with Crippen LogP contribution in [0.2, 0.25) is 0 Å². The molecule has 11 heteroatoms. The van der Waals surface area contributed by atoms with Gasteiger partial charge < -0.3 is 15.2 Å². The number of hydrogen-bond donors (Lipinski definition) is 2. The standard InChI is InChI=1S/C24H15I2N3O6/c25-20-9-15(7-17(12-27)23(30)28-18-5-2-4-16(11-18)24(31)32)10-21(26)22(20)35-13-14-3-1-6-19(8-14)29(33)34/h1-11H,13H2,(H,28,30)(H,31,32)/b17-7-. The van der Waals surface area contributed by atoms with Gasteiger partial charge >= 0.3 is 5.97 Å². The van der Waals surface area contributed by atoms with Gasteiger partial charge in [0.15, 0.2) is 0 Å². The minimum Gasteiger partial charge on any atom is -0.487 e. The zero-order chi connectivity index (χ0) is 25.5. The molecule has 35 heavy (non-hydrogen) atoms. The van der Waals surface area contributed by atoms with E-state index in [0.29, 0.717) is 16.9 Å². The summed E-state index contributed by atoms with van der Waals surface area (Å²) < 4.78 is 7.32. The number of ether oxygens (including phenoxy) is 1. The molecule has 0 radical (unpaired) electrons. The fourth-order valence-electron chi connectivity index (χ4n) is 2.96. The lowest BCUT2D eigenvalue weighted by atomic mass is 10.1. The van der Waals surface area contributed by atoms with Crippen LogP contribution in [0.5, 0.6) is 5.75 Å². The summed E-state index contributed by atoms with van der Waals surface area (Å²) in [6.45, 7) is 0.129. The number of nitrogens with zero attached hydrogens (tertiary/aromatic N) is 2. The number of halogens is 2. The third kappa shape index (κ3) is 6.99. The molecule has 3 aromatic carbocycles. The second-order valence-corrected chi connectivity index (χ2v) is 9.36. The molecule has 0 fully saturated rings. The van der Waals surface area contributed by atoms with Gasteiger partial charge in [-0.15, -0.1) is 0 Å². The molecule has 0 bridgehead atoms. The molecule has 0 unspecified atom stereocenters. The molecule has 0 spiro atoms. The molecule has 3 rings (SSSR count). The van der Waals surface area contributed by atoms with E-state index in [4.69, 9.17) is 9.84 Å². The van der Waals surface area contributed by atoms with E-state index in [1.54, 1.807) is 24.3 Å². The predicted molar refractivity (Wildman–Crippen MR) is 145 cm³/mol. The number of hydrogen-bond acceptors (Lipinski definition) is 6. The fraction of sp³-hybridized carbons (Fsp3) is 0.0417. The number of nitro groups is 1. The van der Waals surface area contributed by atoms with E-state index in [1.165, 1.54) is 42.5 Å². The number of nitrogens with one attached hydrogen (secondary N) is 1. The highest BCUT2D eigenvalue weighted by atomic mass is 127. The third-order valence-electron chi connectivity index (χ3n) is 4.57. The second-order valence-electron chi connectivity index (χ2n) is 7.04. The van der Waals surface area contributed by atoms with Gasteiger partial charge in [0.2, 0.25) is 0 Å². The van der Waals surface area contributed by atoms with Crippen LogP contribution in [-0.2, 0) is 11.4 Å². The summed E-state index contributed by atoms with van der Waals surface area (Å²) in [5.41, 5.74) is 1.31. The third-order valence-corrected chi connectivity index (χ3v) is 6.17. The Morgan fingerprint density at radius 3 is 2.43 bits per heavy atom. The number of carboxylic acids is 1. The first-order valence-electron chi connectivity index (χ1n) is 9.79. The lowest BCUT2D eigenvalue weighted by molar-refractivity contribution is -0.384. The highest BCUT2D eigenvalue weighted by Gasteiger charge is 2.14. The number of carbonyl (C=O) groups excluding carboxylic acids is 1. The van der Waals surface area contributed by atoms with Crippen molar-refractivity contribution in [3.8, 4) is 11.8 Å². The van der Waals surface area contributed by atoms with Gasteiger partial charge in [0.1, 0.15) is 24.0 Å². The van der Waals surface area contributed by atoms with E-state index in [1.807, 2.05) is 6.07 Å². The van der Waals surface area contributed by atoms with Crippen molar-refractivity contribution in [3.63, 3.8) is 0 Å². The van der Waals surface area contributed by atoms with Crippen LogP contribution in [0.25, 0.3) is 6.08 Å². The average Bonchev–Trinajstić information content (AvgIpc) is 2.82. The Kier molecular flexibility index (Phi) is 8.77. The maximum atomic E-state index is 12.6. The topological polar surface area (TPSA) is 143 Å². The number of amides is 1. The van der Waals surface area contributed by atoms with Crippen LogP contribution in [0.15, 0.2) is 66.2 Å². The largest absolute Gasteiger partial charge is 0.487 e. The van der Waals surface area contributed by atoms with Gasteiger partial charge in [-0.05, 0) is 92.7 Å². The minimum atomic E-state index is -1.13. The molecule has 176 valence electrons. The van der Waals surface area contributed by atoms with Crippen LogP contribution < -0.4 is 10.1 Å². The first-order valence-corrected chi connectivity index (χ1v) is 12.0. The van der Waals surface area contributed by atoms with Gasteiger partial charge in [-0.3, -0.25) is 14.9 Å². The molecule has 2 N–H and O–H groups in total. The van der Waals surface area contributed by atoms with Crippen LogP contribution in [0.1, 0.15) is 21.5 Å². The molecule has 0 aliphatic heterocycles.